The predicted octanol–water partition coefficient (Wildman–Crippen LogP) is 0.120. The van der Waals surface area contributed by atoms with Gasteiger partial charge in [-0.2, -0.15) is 0 Å². The number of esters is 1. The molecule has 114 valence electrons. The molecule has 2 aliphatic heterocycles. The minimum Gasteiger partial charge on any atom is -0.466 e. The Morgan fingerprint density at radius 1 is 1.25 bits per heavy atom. The monoisotopic (exact) mass is 284 g/mol. The van der Waals surface area contributed by atoms with Crippen LogP contribution in [0.3, 0.4) is 0 Å². The van der Waals surface area contributed by atoms with Crippen molar-refractivity contribution >= 4 is 11.9 Å². The average Bonchev–Trinajstić information content (AvgIpc) is 2.48. The van der Waals surface area contributed by atoms with Gasteiger partial charge in [0.05, 0.1) is 32.3 Å². The molecule has 2 rings (SSSR count). The van der Waals surface area contributed by atoms with Gasteiger partial charge in [-0.1, -0.05) is 0 Å². The van der Waals surface area contributed by atoms with Crippen LogP contribution in [0, 0.1) is 5.92 Å². The molecule has 1 amide bonds. The minimum absolute atomic E-state index is 0.0822. The Bertz CT molecular complexity index is 342. The molecule has 2 saturated heterocycles. The highest BCUT2D eigenvalue weighted by Gasteiger charge is 2.29. The molecule has 0 radical (unpaired) electrons. The number of carbonyl (C=O) groups excluding carboxylic acids is 2. The molecule has 0 bridgehead atoms. The van der Waals surface area contributed by atoms with Crippen LogP contribution in [0.15, 0.2) is 0 Å². The normalized spacial score (nSPS) is 24.4. The van der Waals surface area contributed by atoms with E-state index in [1.165, 1.54) is 0 Å². The van der Waals surface area contributed by atoms with Gasteiger partial charge in [-0.3, -0.25) is 14.5 Å². The first-order valence-corrected chi connectivity index (χ1v) is 7.45. The lowest BCUT2D eigenvalue weighted by atomic mass is 9.98. The fraction of sp³-hybridized carbons (Fsp3) is 0.857. The fourth-order valence-electron chi connectivity index (χ4n) is 2.76. The van der Waals surface area contributed by atoms with E-state index in [1.807, 2.05) is 11.8 Å². The van der Waals surface area contributed by atoms with Crippen LogP contribution >= 0.6 is 0 Å². The van der Waals surface area contributed by atoms with E-state index in [9.17, 15) is 9.59 Å². The van der Waals surface area contributed by atoms with Gasteiger partial charge in [-0.15, -0.1) is 0 Å². The highest BCUT2D eigenvalue weighted by molar-refractivity contribution is 5.78. The predicted molar refractivity (Wildman–Crippen MR) is 73.2 cm³/mol. The summed E-state index contributed by atoms with van der Waals surface area (Å²) >= 11 is 0. The summed E-state index contributed by atoms with van der Waals surface area (Å²) in [4.78, 5) is 27.9. The van der Waals surface area contributed by atoms with E-state index < -0.39 is 0 Å². The van der Waals surface area contributed by atoms with Crippen LogP contribution in [-0.2, 0) is 19.1 Å². The van der Waals surface area contributed by atoms with Gasteiger partial charge in [-0.05, 0) is 26.3 Å². The number of ether oxygens (including phenoxy) is 2. The number of rotatable bonds is 4. The molecule has 0 aromatic heterocycles. The van der Waals surface area contributed by atoms with Crippen LogP contribution in [0.2, 0.25) is 0 Å². The Morgan fingerprint density at radius 3 is 2.70 bits per heavy atom. The second kappa shape index (κ2) is 7.59. The van der Waals surface area contributed by atoms with Crippen molar-refractivity contribution in [2.24, 2.45) is 5.92 Å². The smallest absolute Gasteiger partial charge is 0.310 e. The number of hydrogen-bond acceptors (Lipinski definition) is 5. The molecule has 0 N–H and O–H groups in total. The molecule has 6 heteroatoms. The Hall–Kier alpha value is -1.14. The number of piperidine rings is 1. The van der Waals surface area contributed by atoms with Gasteiger partial charge in [0.15, 0.2) is 0 Å². The summed E-state index contributed by atoms with van der Waals surface area (Å²) in [7, 11) is 0. The maximum absolute atomic E-state index is 12.2. The third-order valence-corrected chi connectivity index (χ3v) is 3.85. The second-order valence-electron chi connectivity index (χ2n) is 5.32. The van der Waals surface area contributed by atoms with Crippen molar-refractivity contribution in [2.75, 3.05) is 52.5 Å². The Kier molecular flexibility index (Phi) is 5.79. The number of nitrogens with zero attached hydrogens (tertiary/aromatic N) is 2. The molecule has 0 unspecified atom stereocenters. The molecule has 0 spiro atoms. The van der Waals surface area contributed by atoms with Crippen LogP contribution in [0.5, 0.6) is 0 Å². The number of likely N-dealkylation sites (tertiary alicyclic amines) is 1. The number of morpholine rings is 1. The maximum atomic E-state index is 12.2. The van der Waals surface area contributed by atoms with E-state index in [0.717, 1.165) is 19.4 Å². The molecule has 0 aromatic rings. The zero-order chi connectivity index (χ0) is 14.4. The summed E-state index contributed by atoms with van der Waals surface area (Å²) in [5.41, 5.74) is 0. The van der Waals surface area contributed by atoms with Crippen LogP contribution in [0.25, 0.3) is 0 Å². The molecule has 1 atom stereocenters. The van der Waals surface area contributed by atoms with Crippen molar-refractivity contribution in [2.45, 2.75) is 19.8 Å². The van der Waals surface area contributed by atoms with Gasteiger partial charge >= 0.3 is 5.97 Å². The van der Waals surface area contributed by atoms with Gasteiger partial charge in [0.2, 0.25) is 5.91 Å². The van der Waals surface area contributed by atoms with Crippen molar-refractivity contribution < 1.29 is 19.1 Å². The van der Waals surface area contributed by atoms with Crippen molar-refractivity contribution in [1.82, 2.24) is 9.80 Å². The maximum Gasteiger partial charge on any atom is 0.310 e. The topological polar surface area (TPSA) is 59.1 Å². The van der Waals surface area contributed by atoms with Gasteiger partial charge in [-0.25, -0.2) is 0 Å². The van der Waals surface area contributed by atoms with E-state index >= 15 is 0 Å². The first kappa shape index (κ1) is 15.3. The molecule has 0 aliphatic carbocycles. The van der Waals surface area contributed by atoms with Gasteiger partial charge in [0, 0.05) is 19.6 Å². The first-order valence-electron chi connectivity index (χ1n) is 7.45. The molecular weight excluding hydrogens is 260 g/mol. The summed E-state index contributed by atoms with van der Waals surface area (Å²) in [5, 5.41) is 0. The molecule has 0 saturated carbocycles. The largest absolute Gasteiger partial charge is 0.466 e. The van der Waals surface area contributed by atoms with Crippen molar-refractivity contribution in [3.8, 4) is 0 Å². The number of carbonyl (C=O) groups is 2. The highest BCUT2D eigenvalue weighted by Crippen LogP contribution is 2.18. The summed E-state index contributed by atoms with van der Waals surface area (Å²) in [6, 6.07) is 0. The zero-order valence-electron chi connectivity index (χ0n) is 12.2. The number of amides is 1. The fourth-order valence-corrected chi connectivity index (χ4v) is 2.76. The van der Waals surface area contributed by atoms with E-state index in [-0.39, 0.29) is 17.8 Å². The Balaban J connectivity index is 1.79. The van der Waals surface area contributed by atoms with Gasteiger partial charge in [0.1, 0.15) is 0 Å². The Morgan fingerprint density at radius 2 is 2.00 bits per heavy atom. The number of hydrogen-bond donors (Lipinski definition) is 0. The summed E-state index contributed by atoms with van der Waals surface area (Å²) in [6.45, 7) is 6.75. The first-order chi connectivity index (χ1) is 9.70. The SMILES string of the molecule is CCOC(=O)[C@H]1CCCN(CC(=O)N2CCOCC2)C1. The molecular formula is C14H24N2O4. The molecule has 2 fully saturated rings. The lowest BCUT2D eigenvalue weighted by molar-refractivity contribution is -0.151. The van der Waals surface area contributed by atoms with Crippen LogP contribution in [-0.4, -0.2) is 74.2 Å². The quantitative estimate of drug-likeness (QED) is 0.686. The lowest BCUT2D eigenvalue weighted by Crippen LogP contribution is -2.48. The van der Waals surface area contributed by atoms with E-state index in [4.69, 9.17) is 9.47 Å². The zero-order valence-corrected chi connectivity index (χ0v) is 12.2. The molecule has 2 heterocycles. The molecule has 2 aliphatic rings. The third kappa shape index (κ3) is 4.18. The van der Waals surface area contributed by atoms with Gasteiger partial charge < -0.3 is 14.4 Å². The lowest BCUT2D eigenvalue weighted by Gasteiger charge is -2.33. The summed E-state index contributed by atoms with van der Waals surface area (Å²) < 4.78 is 10.3. The summed E-state index contributed by atoms with van der Waals surface area (Å²) in [5.74, 6) is -0.0741. The highest BCUT2D eigenvalue weighted by atomic mass is 16.5. The molecule has 6 nitrogen and oxygen atoms in total. The average molecular weight is 284 g/mol. The van der Waals surface area contributed by atoms with Crippen molar-refractivity contribution in [1.29, 1.82) is 0 Å². The van der Waals surface area contributed by atoms with E-state index in [2.05, 4.69) is 4.90 Å². The van der Waals surface area contributed by atoms with Gasteiger partial charge in [0.25, 0.3) is 0 Å². The second-order valence-corrected chi connectivity index (χ2v) is 5.32. The molecule has 20 heavy (non-hydrogen) atoms. The summed E-state index contributed by atoms with van der Waals surface area (Å²) in [6.07, 6.45) is 1.81. The standard InChI is InChI=1S/C14H24N2O4/c1-2-20-14(18)12-4-3-5-15(10-12)11-13(17)16-6-8-19-9-7-16/h12H,2-11H2,1H3/t12-/m0/s1. The van der Waals surface area contributed by atoms with Crippen molar-refractivity contribution in [3.63, 3.8) is 0 Å². The third-order valence-electron chi connectivity index (χ3n) is 3.85. The Labute approximate surface area is 120 Å². The van der Waals surface area contributed by atoms with Crippen molar-refractivity contribution in [3.05, 3.63) is 0 Å². The van der Waals surface area contributed by atoms with E-state index in [1.54, 1.807) is 0 Å². The van der Waals surface area contributed by atoms with Crippen LogP contribution in [0.4, 0.5) is 0 Å². The molecule has 0 aromatic carbocycles. The minimum atomic E-state index is -0.129. The van der Waals surface area contributed by atoms with E-state index in [0.29, 0.717) is 46.0 Å². The van der Waals surface area contributed by atoms with Crippen LogP contribution in [0.1, 0.15) is 19.8 Å². The van der Waals surface area contributed by atoms with Crippen LogP contribution < -0.4 is 0 Å².